The van der Waals surface area contributed by atoms with Gasteiger partial charge in [-0.2, -0.15) is 0 Å². The number of pyridine rings is 1. The van der Waals surface area contributed by atoms with E-state index in [1.165, 1.54) is 27.4 Å². The summed E-state index contributed by atoms with van der Waals surface area (Å²) in [6.07, 6.45) is 1.73. The van der Waals surface area contributed by atoms with Gasteiger partial charge >= 0.3 is 5.97 Å². The van der Waals surface area contributed by atoms with Crippen LogP contribution in [0.4, 0.5) is 0 Å². The molecular formula is C23H23NO6. The van der Waals surface area contributed by atoms with Crippen LogP contribution in [0.25, 0.3) is 0 Å². The van der Waals surface area contributed by atoms with Crippen molar-refractivity contribution in [1.29, 1.82) is 0 Å². The Kier molecular flexibility index (Phi) is 7.10. The van der Waals surface area contributed by atoms with E-state index in [1.807, 2.05) is 42.5 Å². The average molecular weight is 409 g/mol. The molecule has 3 rings (SSSR count). The van der Waals surface area contributed by atoms with Crippen LogP contribution >= 0.6 is 0 Å². The molecule has 0 atom stereocenters. The van der Waals surface area contributed by atoms with Crippen molar-refractivity contribution in [2.45, 2.75) is 13.2 Å². The molecule has 7 heteroatoms. The Morgan fingerprint density at radius 3 is 2.17 bits per heavy atom. The molecule has 0 fully saturated rings. The molecule has 0 aliphatic carbocycles. The smallest absolute Gasteiger partial charge is 0.342 e. The zero-order chi connectivity index (χ0) is 21.3. The number of aromatic nitrogens is 1. The fraction of sp³-hybridized carbons (Fsp3) is 0.217. The number of benzene rings is 2. The Bertz CT molecular complexity index is 973. The quantitative estimate of drug-likeness (QED) is 0.494. The summed E-state index contributed by atoms with van der Waals surface area (Å²) in [6, 6.07) is 16.1. The summed E-state index contributed by atoms with van der Waals surface area (Å²) in [5.74, 6) is 1.41. The van der Waals surface area contributed by atoms with Crippen molar-refractivity contribution in [2.24, 2.45) is 0 Å². The van der Waals surface area contributed by atoms with E-state index in [9.17, 15) is 4.79 Å². The second kappa shape index (κ2) is 10.2. The molecule has 0 radical (unpaired) electrons. The predicted octanol–water partition coefficient (Wildman–Crippen LogP) is 4.04. The van der Waals surface area contributed by atoms with Crippen molar-refractivity contribution >= 4 is 5.97 Å². The highest BCUT2D eigenvalue weighted by atomic mass is 16.5. The van der Waals surface area contributed by atoms with E-state index in [4.69, 9.17) is 23.7 Å². The molecular weight excluding hydrogens is 386 g/mol. The van der Waals surface area contributed by atoms with Gasteiger partial charge in [-0.15, -0.1) is 0 Å². The van der Waals surface area contributed by atoms with Crippen molar-refractivity contribution in [3.8, 4) is 23.0 Å². The molecule has 0 aliphatic heterocycles. The molecule has 1 heterocycles. The minimum Gasteiger partial charge on any atom is -0.496 e. The van der Waals surface area contributed by atoms with Crippen LogP contribution in [0, 0.1) is 0 Å². The Hall–Kier alpha value is -3.74. The molecule has 0 saturated heterocycles. The number of ether oxygens (including phenoxy) is 5. The molecule has 7 nitrogen and oxygen atoms in total. The van der Waals surface area contributed by atoms with Gasteiger partial charge in [-0.1, -0.05) is 18.2 Å². The molecule has 0 unspecified atom stereocenters. The van der Waals surface area contributed by atoms with Gasteiger partial charge in [0.2, 0.25) is 0 Å². The van der Waals surface area contributed by atoms with Crippen molar-refractivity contribution < 1.29 is 28.5 Å². The van der Waals surface area contributed by atoms with Crippen LogP contribution in [0.15, 0.2) is 60.8 Å². The highest BCUT2D eigenvalue weighted by Gasteiger charge is 2.19. The van der Waals surface area contributed by atoms with Gasteiger partial charge in [0.05, 0.1) is 27.0 Å². The lowest BCUT2D eigenvalue weighted by Gasteiger charge is -2.13. The van der Waals surface area contributed by atoms with Gasteiger partial charge in [0.25, 0.3) is 0 Å². The molecule has 0 amide bonds. The van der Waals surface area contributed by atoms with Crippen molar-refractivity contribution in [1.82, 2.24) is 4.98 Å². The normalized spacial score (nSPS) is 10.2. The van der Waals surface area contributed by atoms with E-state index in [2.05, 4.69) is 4.98 Å². The fourth-order valence-corrected chi connectivity index (χ4v) is 2.74. The Morgan fingerprint density at radius 1 is 0.833 bits per heavy atom. The number of hydrogen-bond donors (Lipinski definition) is 0. The molecule has 2 aromatic carbocycles. The number of nitrogens with zero attached hydrogens (tertiary/aromatic N) is 1. The van der Waals surface area contributed by atoms with Gasteiger partial charge in [-0.25, -0.2) is 4.79 Å². The first-order valence-electron chi connectivity index (χ1n) is 9.23. The standard InChI is InChI=1S/C23H23NO6/c1-26-20-13-22(28-3)21(27-2)12-19(20)23(25)30-14-16-7-9-18(10-8-16)29-15-17-6-4-5-11-24-17/h4-13H,14-15H2,1-3H3. The van der Waals surface area contributed by atoms with E-state index in [0.29, 0.717) is 29.6 Å². The van der Waals surface area contributed by atoms with Crippen LogP contribution < -0.4 is 18.9 Å². The Balaban J connectivity index is 1.60. The van der Waals surface area contributed by atoms with Crippen molar-refractivity contribution in [3.63, 3.8) is 0 Å². The maximum atomic E-state index is 12.6. The first-order valence-corrected chi connectivity index (χ1v) is 9.23. The average Bonchev–Trinajstić information content (AvgIpc) is 2.81. The van der Waals surface area contributed by atoms with E-state index >= 15 is 0 Å². The van der Waals surface area contributed by atoms with Gasteiger partial charge in [0.15, 0.2) is 11.5 Å². The van der Waals surface area contributed by atoms with E-state index < -0.39 is 5.97 Å². The minimum absolute atomic E-state index is 0.108. The number of carbonyl (C=O) groups is 1. The van der Waals surface area contributed by atoms with Gasteiger partial charge in [-0.05, 0) is 29.8 Å². The van der Waals surface area contributed by atoms with E-state index in [1.54, 1.807) is 12.3 Å². The highest BCUT2D eigenvalue weighted by Crippen LogP contribution is 2.35. The molecule has 1 aromatic heterocycles. The number of hydrogen-bond acceptors (Lipinski definition) is 7. The van der Waals surface area contributed by atoms with E-state index in [0.717, 1.165) is 11.3 Å². The summed E-state index contributed by atoms with van der Waals surface area (Å²) in [4.78, 5) is 16.8. The maximum absolute atomic E-state index is 12.6. The second-order valence-corrected chi connectivity index (χ2v) is 6.24. The maximum Gasteiger partial charge on any atom is 0.342 e. The first kappa shape index (κ1) is 21.0. The van der Waals surface area contributed by atoms with Crippen molar-refractivity contribution in [2.75, 3.05) is 21.3 Å². The largest absolute Gasteiger partial charge is 0.496 e. The minimum atomic E-state index is -0.525. The molecule has 0 aliphatic rings. The van der Waals surface area contributed by atoms with E-state index in [-0.39, 0.29) is 12.2 Å². The van der Waals surface area contributed by atoms with Gasteiger partial charge in [0.1, 0.15) is 30.3 Å². The number of rotatable bonds is 9. The predicted molar refractivity (Wildman–Crippen MR) is 110 cm³/mol. The molecule has 156 valence electrons. The van der Waals surface area contributed by atoms with Crippen LogP contribution in [0.5, 0.6) is 23.0 Å². The second-order valence-electron chi connectivity index (χ2n) is 6.24. The van der Waals surface area contributed by atoms with Gasteiger partial charge in [0, 0.05) is 18.3 Å². The number of methoxy groups -OCH3 is 3. The molecule has 0 spiro atoms. The fourth-order valence-electron chi connectivity index (χ4n) is 2.74. The van der Waals surface area contributed by atoms with Gasteiger partial charge < -0.3 is 23.7 Å². The van der Waals surface area contributed by atoms with Crippen LogP contribution in [-0.2, 0) is 18.0 Å². The lowest BCUT2D eigenvalue weighted by molar-refractivity contribution is 0.0468. The van der Waals surface area contributed by atoms with Crippen LogP contribution in [-0.4, -0.2) is 32.3 Å². The highest BCUT2D eigenvalue weighted by molar-refractivity contribution is 5.93. The van der Waals surface area contributed by atoms with Crippen LogP contribution in [0.3, 0.4) is 0 Å². The monoisotopic (exact) mass is 409 g/mol. The van der Waals surface area contributed by atoms with Crippen LogP contribution in [0.2, 0.25) is 0 Å². The number of esters is 1. The Labute approximate surface area is 175 Å². The summed E-state index contributed by atoms with van der Waals surface area (Å²) < 4.78 is 26.9. The number of carbonyl (C=O) groups excluding carboxylic acids is 1. The van der Waals surface area contributed by atoms with Gasteiger partial charge in [-0.3, -0.25) is 4.98 Å². The zero-order valence-electron chi connectivity index (χ0n) is 17.1. The molecule has 0 saturated carbocycles. The Morgan fingerprint density at radius 2 is 1.53 bits per heavy atom. The molecule has 30 heavy (non-hydrogen) atoms. The summed E-state index contributed by atoms with van der Waals surface area (Å²) in [5, 5.41) is 0. The summed E-state index contributed by atoms with van der Waals surface area (Å²) in [5.41, 5.74) is 1.93. The SMILES string of the molecule is COc1cc(OC)c(C(=O)OCc2ccc(OCc3ccccn3)cc2)cc1OC. The molecule has 3 aromatic rings. The third kappa shape index (κ3) is 5.20. The first-order chi connectivity index (χ1) is 14.6. The lowest BCUT2D eigenvalue weighted by Crippen LogP contribution is -2.08. The third-order valence-corrected chi connectivity index (χ3v) is 4.33. The summed E-state index contributed by atoms with van der Waals surface area (Å²) in [6.45, 7) is 0.491. The molecule has 0 bridgehead atoms. The topological polar surface area (TPSA) is 76.1 Å². The zero-order valence-corrected chi connectivity index (χ0v) is 17.1. The van der Waals surface area contributed by atoms with Crippen LogP contribution in [0.1, 0.15) is 21.6 Å². The third-order valence-electron chi connectivity index (χ3n) is 4.33. The summed E-state index contributed by atoms with van der Waals surface area (Å²) >= 11 is 0. The molecule has 0 N–H and O–H groups in total. The summed E-state index contributed by atoms with van der Waals surface area (Å²) in [7, 11) is 4.48. The lowest BCUT2D eigenvalue weighted by atomic mass is 10.1. The van der Waals surface area contributed by atoms with Crippen molar-refractivity contribution in [3.05, 3.63) is 77.6 Å².